The van der Waals surface area contributed by atoms with Crippen molar-refractivity contribution in [1.82, 2.24) is 0 Å². The van der Waals surface area contributed by atoms with E-state index in [1.54, 1.807) is 13.0 Å². The Morgan fingerprint density at radius 3 is 1.72 bits per heavy atom. The Bertz CT molecular complexity index is 1270. The lowest BCUT2D eigenvalue weighted by Gasteiger charge is -2.23. The first-order chi connectivity index (χ1) is 23.4. The third-order valence-electron chi connectivity index (χ3n) is 7.17. The molecule has 0 saturated heterocycles. The number of alkyl halides is 1. The lowest BCUT2D eigenvalue weighted by Crippen LogP contribution is -2.20. The predicted octanol–water partition coefficient (Wildman–Crippen LogP) is 16.1. The van der Waals surface area contributed by atoms with Crippen LogP contribution in [0.3, 0.4) is 0 Å². The zero-order valence-electron chi connectivity index (χ0n) is 35.2. The van der Waals surface area contributed by atoms with Crippen LogP contribution in [0.2, 0.25) is 0 Å². The number of allylic oxidation sites excluding steroid dienone is 13. The van der Waals surface area contributed by atoms with Crippen molar-refractivity contribution in [3.8, 4) is 0 Å². The second-order valence-corrected chi connectivity index (χ2v) is 12.6. The molecule has 1 aromatic carbocycles. The van der Waals surface area contributed by atoms with Gasteiger partial charge in [-0.3, -0.25) is 4.99 Å². The lowest BCUT2D eigenvalue weighted by atomic mass is 9.89. The number of hydrogen-bond donors (Lipinski definition) is 1. The Kier molecular flexibility index (Phi) is 36.1. The molecular weight excluding hydrogens is 612 g/mol. The van der Waals surface area contributed by atoms with Crippen LogP contribution in [0.1, 0.15) is 153 Å². The summed E-state index contributed by atoms with van der Waals surface area (Å²) >= 11 is 0. The van der Waals surface area contributed by atoms with Crippen molar-refractivity contribution in [2.24, 2.45) is 4.99 Å². The minimum Gasteiger partial charge on any atom is -0.300 e. The summed E-state index contributed by atoms with van der Waals surface area (Å²) in [6.07, 6.45) is 21.5. The van der Waals surface area contributed by atoms with Crippen LogP contribution in [0.25, 0.3) is 5.57 Å². The van der Waals surface area contributed by atoms with Crippen LogP contribution in [-0.4, -0.2) is 17.1 Å². The Morgan fingerprint density at radius 2 is 1.40 bits per heavy atom. The van der Waals surface area contributed by atoms with Crippen LogP contribution in [0, 0.1) is 12.3 Å². The maximum Gasteiger partial charge on any atom is 0.132 e. The Labute approximate surface area is 311 Å². The van der Waals surface area contributed by atoms with Crippen LogP contribution in [0.5, 0.6) is 0 Å². The monoisotopic (exact) mass is 689 g/mol. The molecule has 2 aliphatic carbocycles. The van der Waals surface area contributed by atoms with Crippen LogP contribution < -0.4 is 0 Å². The number of nitrogens with one attached hydrogen (secondary N) is 1. The highest BCUT2D eigenvalue weighted by Gasteiger charge is 2.26. The largest absolute Gasteiger partial charge is 0.300 e. The molecule has 0 fully saturated rings. The first kappa shape index (κ1) is 53.2. The van der Waals surface area contributed by atoms with Crippen molar-refractivity contribution >= 4 is 17.0 Å². The van der Waals surface area contributed by atoms with Gasteiger partial charge in [0.2, 0.25) is 0 Å². The van der Waals surface area contributed by atoms with E-state index in [0.717, 1.165) is 34.5 Å². The summed E-state index contributed by atoms with van der Waals surface area (Å²) in [5.41, 5.74) is 9.19. The molecule has 0 amide bonds. The van der Waals surface area contributed by atoms with Crippen LogP contribution >= 0.6 is 0 Å². The van der Waals surface area contributed by atoms with E-state index >= 15 is 0 Å². The van der Waals surface area contributed by atoms with Gasteiger partial charge in [0.15, 0.2) is 0 Å². The molecule has 0 saturated carbocycles. The molecule has 1 unspecified atom stereocenters. The third-order valence-corrected chi connectivity index (χ3v) is 7.17. The molecule has 1 aromatic rings. The van der Waals surface area contributed by atoms with E-state index in [1.807, 2.05) is 91.8 Å². The number of halogens is 1. The standard InChI is InChI=1S/C10H12.C9H13F.C9H11N.C8H13N.C5H12.C4H10.C2H6/c1-8(2)10-6-4-9(3)5-7-10;1-7-4-5-9(3,10)8(2)6-7;1-3-8-5-4-7(2)9(10)6-8;1-5-6-8(4)9-7(2)3;1-3-5-4-2;1-3-4-2;1-2/h4-7H,1H2,2-3H3;4,6H,5H2,1-3H3;4-6,10H,2-3H2,1H3;5-6H,1H2,2-4H3;3-5H2,1-2H3;3-4H2,1-2H3;1-2H3/b;;;8-6-;;;. The lowest BCUT2D eigenvalue weighted by molar-refractivity contribution is 0.240. The minimum atomic E-state index is -1.10. The summed E-state index contributed by atoms with van der Waals surface area (Å²) in [6.45, 7) is 41.5. The third kappa shape index (κ3) is 31.7. The second-order valence-electron chi connectivity index (χ2n) is 12.6. The highest BCUT2D eigenvalue weighted by atomic mass is 19.1. The molecule has 0 aliphatic heterocycles. The number of unbranched alkanes of at least 4 members (excludes halogenated alkanes) is 3. The van der Waals surface area contributed by atoms with E-state index in [1.165, 1.54) is 54.4 Å². The first-order valence-electron chi connectivity index (χ1n) is 18.7. The van der Waals surface area contributed by atoms with E-state index in [2.05, 4.69) is 90.5 Å². The van der Waals surface area contributed by atoms with Crippen molar-refractivity contribution < 1.29 is 4.39 Å². The fourth-order valence-corrected chi connectivity index (χ4v) is 3.66. The molecule has 2 aliphatic rings. The highest BCUT2D eigenvalue weighted by molar-refractivity contribution is 6.09. The predicted molar refractivity (Wildman–Crippen MR) is 232 cm³/mol. The van der Waals surface area contributed by atoms with Crippen molar-refractivity contribution in [3.63, 3.8) is 0 Å². The van der Waals surface area contributed by atoms with Gasteiger partial charge in [-0.1, -0.05) is 172 Å². The maximum absolute atomic E-state index is 13.3. The molecule has 0 spiro atoms. The van der Waals surface area contributed by atoms with Gasteiger partial charge in [-0.15, -0.1) is 0 Å². The van der Waals surface area contributed by atoms with Gasteiger partial charge in [0.05, 0.1) is 5.71 Å². The van der Waals surface area contributed by atoms with Crippen LogP contribution in [-0.2, 0) is 0 Å². The van der Waals surface area contributed by atoms with E-state index < -0.39 is 5.67 Å². The Hall–Kier alpha value is -3.59. The fourth-order valence-electron chi connectivity index (χ4n) is 3.66. The molecule has 0 radical (unpaired) electrons. The van der Waals surface area contributed by atoms with Gasteiger partial charge >= 0.3 is 0 Å². The van der Waals surface area contributed by atoms with Gasteiger partial charge in [-0.2, -0.15) is 0 Å². The molecule has 282 valence electrons. The number of rotatable bonds is 7. The van der Waals surface area contributed by atoms with Crippen molar-refractivity contribution in [2.75, 3.05) is 0 Å². The normalized spacial score (nSPS) is 15.5. The van der Waals surface area contributed by atoms with Gasteiger partial charge < -0.3 is 5.41 Å². The number of aryl methyl sites for hydroxylation is 1. The van der Waals surface area contributed by atoms with Gasteiger partial charge in [0.1, 0.15) is 5.67 Å². The van der Waals surface area contributed by atoms with E-state index in [0.29, 0.717) is 12.1 Å². The maximum atomic E-state index is 13.3. The zero-order chi connectivity index (χ0) is 39.7. The number of benzene rings is 1. The van der Waals surface area contributed by atoms with Crippen molar-refractivity contribution in [3.05, 3.63) is 126 Å². The second kappa shape index (κ2) is 33.9. The molecule has 2 nitrogen and oxygen atoms in total. The molecular formula is C47H77FN2. The number of aliphatic imine (C=N–C) groups is 1. The molecule has 3 heteroatoms. The highest BCUT2D eigenvalue weighted by Crippen LogP contribution is 2.30. The molecule has 0 bridgehead atoms. The molecule has 0 heterocycles. The average molecular weight is 689 g/mol. The summed E-state index contributed by atoms with van der Waals surface area (Å²) in [5, 5.41) is 7.40. The summed E-state index contributed by atoms with van der Waals surface area (Å²) < 4.78 is 13.3. The van der Waals surface area contributed by atoms with E-state index in [-0.39, 0.29) is 0 Å². The SMILES string of the molecule is C=C(C)c1ccc(C)cc1.C=C/C=C(/C)N=C(C)C.C=C1C=CC(CC)=CC1=N.CC.CC1=CCC(C)(F)C(C)=C1.CCCC.CCCCC. The summed E-state index contributed by atoms with van der Waals surface area (Å²) in [5.74, 6) is 0. The van der Waals surface area contributed by atoms with Crippen molar-refractivity contribution in [1.29, 1.82) is 5.41 Å². The number of nitrogens with zero attached hydrogens (tertiary/aromatic N) is 1. The van der Waals surface area contributed by atoms with E-state index in [4.69, 9.17) is 5.41 Å². The number of hydrogen-bond acceptors (Lipinski definition) is 2. The molecule has 3 rings (SSSR count). The smallest absolute Gasteiger partial charge is 0.132 e. The summed E-state index contributed by atoms with van der Waals surface area (Å²) in [6, 6.07) is 8.39. The van der Waals surface area contributed by atoms with Gasteiger partial charge in [0, 0.05) is 17.8 Å². The Morgan fingerprint density at radius 1 is 0.880 bits per heavy atom. The quantitative estimate of drug-likeness (QED) is 0.219. The zero-order valence-corrected chi connectivity index (χ0v) is 35.2. The fraction of sp³-hybridized carbons (Fsp3) is 0.489. The summed E-state index contributed by atoms with van der Waals surface area (Å²) in [4.78, 5) is 4.17. The summed E-state index contributed by atoms with van der Waals surface area (Å²) in [7, 11) is 0. The molecule has 50 heavy (non-hydrogen) atoms. The molecule has 1 atom stereocenters. The molecule has 0 aromatic heterocycles. The minimum absolute atomic E-state index is 0.529. The van der Waals surface area contributed by atoms with E-state index in [9.17, 15) is 4.39 Å². The van der Waals surface area contributed by atoms with Crippen molar-refractivity contribution in [2.45, 2.75) is 154 Å². The average Bonchev–Trinajstić information content (AvgIpc) is 3.07. The van der Waals surface area contributed by atoms with Crippen LogP contribution in [0.15, 0.2) is 120 Å². The Balaban J connectivity index is -0.000000258. The molecule has 1 N–H and O–H groups in total. The van der Waals surface area contributed by atoms with Gasteiger partial charge in [0.25, 0.3) is 0 Å². The van der Waals surface area contributed by atoms with Crippen LogP contribution in [0.4, 0.5) is 4.39 Å². The topological polar surface area (TPSA) is 36.2 Å². The van der Waals surface area contributed by atoms with Gasteiger partial charge in [-0.05, 0) is 96.2 Å². The first-order valence-corrected chi connectivity index (χ1v) is 18.7. The van der Waals surface area contributed by atoms with Gasteiger partial charge in [-0.25, -0.2) is 4.39 Å².